The van der Waals surface area contributed by atoms with Crippen LogP contribution < -0.4 is 10.6 Å². The first-order valence-electron chi connectivity index (χ1n) is 9.24. The van der Waals surface area contributed by atoms with Crippen molar-refractivity contribution in [2.75, 3.05) is 6.54 Å². The molecule has 1 saturated carbocycles. The molecule has 8 heteroatoms. The fraction of sp³-hybridized carbons (Fsp3) is 0.300. The zero-order valence-corrected chi connectivity index (χ0v) is 16.2. The normalized spacial score (nSPS) is 18.7. The summed E-state index contributed by atoms with van der Waals surface area (Å²) in [5.74, 6) is -0.973. The number of hydrogen-bond donors (Lipinski definition) is 2. The SMILES string of the molecule is CCN1C(=O)C(=Cc2cn(CC(=O)NC3CC3)c3ccccc23)C(=O)NC1=S. The molecule has 2 aromatic rings. The van der Waals surface area contributed by atoms with E-state index in [1.54, 1.807) is 19.2 Å². The zero-order valence-electron chi connectivity index (χ0n) is 15.4. The summed E-state index contributed by atoms with van der Waals surface area (Å²) in [6, 6.07) is 7.89. The van der Waals surface area contributed by atoms with Gasteiger partial charge in [0.15, 0.2) is 5.11 Å². The molecule has 1 aromatic heterocycles. The van der Waals surface area contributed by atoms with E-state index in [1.165, 1.54) is 4.90 Å². The molecule has 2 heterocycles. The number of carbonyl (C=O) groups excluding carboxylic acids is 3. The molecule has 0 spiro atoms. The summed E-state index contributed by atoms with van der Waals surface area (Å²) in [4.78, 5) is 38.6. The average Bonchev–Trinajstić information content (AvgIpc) is 3.40. The fourth-order valence-electron chi connectivity index (χ4n) is 3.31. The number of rotatable bonds is 5. The molecule has 1 aromatic carbocycles. The lowest BCUT2D eigenvalue weighted by atomic mass is 10.1. The molecule has 28 heavy (non-hydrogen) atoms. The lowest BCUT2D eigenvalue weighted by Gasteiger charge is -2.27. The Labute approximate surface area is 167 Å². The topological polar surface area (TPSA) is 83.4 Å². The number of nitrogens with one attached hydrogen (secondary N) is 2. The van der Waals surface area contributed by atoms with E-state index in [-0.39, 0.29) is 23.1 Å². The lowest BCUT2D eigenvalue weighted by Crippen LogP contribution is -2.53. The van der Waals surface area contributed by atoms with Crippen molar-refractivity contribution in [2.45, 2.75) is 32.4 Å². The molecular weight excluding hydrogens is 376 g/mol. The van der Waals surface area contributed by atoms with Crippen molar-refractivity contribution in [1.29, 1.82) is 0 Å². The molecule has 0 radical (unpaired) electrons. The molecule has 4 rings (SSSR count). The Morgan fingerprint density at radius 1 is 1.32 bits per heavy atom. The largest absolute Gasteiger partial charge is 0.352 e. The van der Waals surface area contributed by atoms with Gasteiger partial charge in [-0.25, -0.2) is 0 Å². The van der Waals surface area contributed by atoms with Gasteiger partial charge in [-0.05, 0) is 44.1 Å². The number of nitrogens with zero attached hydrogens (tertiary/aromatic N) is 2. The van der Waals surface area contributed by atoms with Crippen LogP contribution >= 0.6 is 12.2 Å². The number of benzene rings is 1. The molecule has 0 unspecified atom stereocenters. The summed E-state index contributed by atoms with van der Waals surface area (Å²) in [6.07, 6.45) is 5.43. The number of thiocarbonyl (C=S) groups is 1. The van der Waals surface area contributed by atoms with Crippen LogP contribution in [-0.2, 0) is 20.9 Å². The molecule has 3 amide bonds. The number of hydrogen-bond acceptors (Lipinski definition) is 4. The van der Waals surface area contributed by atoms with Crippen LogP contribution in [-0.4, -0.2) is 44.9 Å². The molecule has 0 bridgehead atoms. The Balaban J connectivity index is 1.71. The predicted octanol–water partition coefficient (Wildman–Crippen LogP) is 1.57. The predicted molar refractivity (Wildman–Crippen MR) is 109 cm³/mol. The molecule has 0 atom stereocenters. The number of para-hydroxylation sites is 1. The number of carbonyl (C=O) groups is 3. The summed E-state index contributed by atoms with van der Waals surface area (Å²) in [6.45, 7) is 2.35. The highest BCUT2D eigenvalue weighted by atomic mass is 32.1. The van der Waals surface area contributed by atoms with Gasteiger partial charge in [0.05, 0.1) is 0 Å². The highest BCUT2D eigenvalue weighted by molar-refractivity contribution is 7.80. The van der Waals surface area contributed by atoms with Crippen LogP contribution in [0.4, 0.5) is 0 Å². The Hall–Kier alpha value is -3.00. The highest BCUT2D eigenvalue weighted by Crippen LogP contribution is 2.25. The molecule has 1 aliphatic heterocycles. The minimum absolute atomic E-state index is 0.0285. The van der Waals surface area contributed by atoms with Gasteiger partial charge in [-0.3, -0.25) is 24.6 Å². The third-order valence-corrected chi connectivity index (χ3v) is 5.20. The van der Waals surface area contributed by atoms with Crippen LogP contribution in [0.5, 0.6) is 0 Å². The van der Waals surface area contributed by atoms with E-state index in [4.69, 9.17) is 12.2 Å². The van der Waals surface area contributed by atoms with Gasteiger partial charge in [0.25, 0.3) is 11.8 Å². The Morgan fingerprint density at radius 3 is 2.79 bits per heavy atom. The quantitative estimate of drug-likeness (QED) is 0.457. The second kappa shape index (κ2) is 7.20. The molecular formula is C20H20N4O3S. The van der Waals surface area contributed by atoms with Crippen LogP contribution in [0, 0.1) is 0 Å². The zero-order chi connectivity index (χ0) is 19.8. The van der Waals surface area contributed by atoms with Gasteiger partial charge in [-0.1, -0.05) is 18.2 Å². The van der Waals surface area contributed by atoms with Gasteiger partial charge in [0, 0.05) is 35.2 Å². The van der Waals surface area contributed by atoms with E-state index in [0.717, 1.165) is 23.7 Å². The van der Waals surface area contributed by atoms with E-state index < -0.39 is 11.8 Å². The van der Waals surface area contributed by atoms with Gasteiger partial charge < -0.3 is 9.88 Å². The third-order valence-electron chi connectivity index (χ3n) is 4.88. The van der Waals surface area contributed by atoms with Crippen molar-refractivity contribution >= 4 is 52.0 Å². The fourth-order valence-corrected chi connectivity index (χ4v) is 3.62. The first-order chi connectivity index (χ1) is 13.5. The number of likely N-dealkylation sites (N-methyl/N-ethyl adjacent to an activating group) is 1. The standard InChI is InChI=1S/C20H20N4O3S/c1-2-24-19(27)15(18(26)22-20(24)28)9-12-10-23(11-17(25)21-13-7-8-13)16-6-4-3-5-14(12)16/h3-6,9-10,13H,2,7-8,11H2,1H3,(H,21,25)(H,22,26,28). The minimum Gasteiger partial charge on any atom is -0.352 e. The maximum absolute atomic E-state index is 12.7. The second-order valence-corrected chi connectivity index (χ2v) is 7.32. The van der Waals surface area contributed by atoms with E-state index >= 15 is 0 Å². The first kappa shape index (κ1) is 18.4. The molecule has 7 nitrogen and oxygen atoms in total. The Kier molecular flexibility index (Phi) is 4.72. The van der Waals surface area contributed by atoms with Gasteiger partial charge in [-0.15, -0.1) is 0 Å². The monoisotopic (exact) mass is 396 g/mol. The van der Waals surface area contributed by atoms with E-state index in [2.05, 4.69) is 10.6 Å². The van der Waals surface area contributed by atoms with E-state index in [1.807, 2.05) is 28.8 Å². The molecule has 1 aliphatic carbocycles. The average molecular weight is 396 g/mol. The molecule has 2 aliphatic rings. The summed E-state index contributed by atoms with van der Waals surface area (Å²) < 4.78 is 1.84. The summed E-state index contributed by atoms with van der Waals surface area (Å²) in [7, 11) is 0. The summed E-state index contributed by atoms with van der Waals surface area (Å²) in [5, 5.41) is 6.52. The van der Waals surface area contributed by atoms with Crippen LogP contribution in [0.25, 0.3) is 17.0 Å². The lowest BCUT2D eigenvalue weighted by molar-refractivity contribution is -0.128. The smallest absolute Gasteiger partial charge is 0.265 e. The van der Waals surface area contributed by atoms with Crippen LogP contribution in [0.1, 0.15) is 25.3 Å². The number of fused-ring (bicyclic) bond motifs is 1. The molecule has 1 saturated heterocycles. The van der Waals surface area contributed by atoms with Gasteiger partial charge in [0.2, 0.25) is 5.91 Å². The Bertz CT molecular complexity index is 1040. The van der Waals surface area contributed by atoms with Gasteiger partial charge in [-0.2, -0.15) is 0 Å². The van der Waals surface area contributed by atoms with Crippen LogP contribution in [0.15, 0.2) is 36.0 Å². The van der Waals surface area contributed by atoms with E-state index in [9.17, 15) is 14.4 Å². The van der Waals surface area contributed by atoms with Crippen LogP contribution in [0.2, 0.25) is 0 Å². The first-order valence-corrected chi connectivity index (χ1v) is 9.65. The van der Waals surface area contributed by atoms with Crippen molar-refractivity contribution in [3.05, 3.63) is 41.6 Å². The molecule has 144 valence electrons. The van der Waals surface area contributed by atoms with Crippen molar-refractivity contribution in [1.82, 2.24) is 20.1 Å². The van der Waals surface area contributed by atoms with Crippen molar-refractivity contribution < 1.29 is 14.4 Å². The maximum Gasteiger partial charge on any atom is 0.265 e. The Morgan fingerprint density at radius 2 is 2.07 bits per heavy atom. The number of amides is 3. The number of aromatic nitrogens is 1. The second-order valence-electron chi connectivity index (χ2n) is 6.94. The summed E-state index contributed by atoms with van der Waals surface area (Å²) >= 11 is 5.06. The van der Waals surface area contributed by atoms with Crippen LogP contribution in [0.3, 0.4) is 0 Å². The molecule has 2 fully saturated rings. The maximum atomic E-state index is 12.7. The van der Waals surface area contributed by atoms with Crippen molar-refractivity contribution in [2.24, 2.45) is 0 Å². The minimum atomic E-state index is -0.511. The van der Waals surface area contributed by atoms with Gasteiger partial charge in [0.1, 0.15) is 12.1 Å². The highest BCUT2D eigenvalue weighted by Gasteiger charge is 2.32. The van der Waals surface area contributed by atoms with E-state index in [0.29, 0.717) is 18.2 Å². The summed E-state index contributed by atoms with van der Waals surface area (Å²) in [5.41, 5.74) is 1.60. The van der Waals surface area contributed by atoms with Gasteiger partial charge >= 0.3 is 0 Å². The molecule has 2 N–H and O–H groups in total. The van der Waals surface area contributed by atoms with Crippen molar-refractivity contribution in [3.63, 3.8) is 0 Å². The van der Waals surface area contributed by atoms with Crippen molar-refractivity contribution in [3.8, 4) is 0 Å². The third kappa shape index (κ3) is 3.43.